The molecule has 0 bridgehead atoms. The number of halogens is 1. The SMILES string of the molecule is CN(C)C(=O)N1CCC(C2CN(c3cccc(CO)c3F)C2)CC1. The first-order chi connectivity index (χ1) is 11.5. The lowest BCUT2D eigenvalue weighted by Gasteiger charge is -2.47. The first-order valence-corrected chi connectivity index (χ1v) is 8.60. The van der Waals surface area contributed by atoms with Crippen molar-refractivity contribution in [3.63, 3.8) is 0 Å². The van der Waals surface area contributed by atoms with Crippen molar-refractivity contribution < 1.29 is 14.3 Å². The molecule has 0 atom stereocenters. The van der Waals surface area contributed by atoms with E-state index in [-0.39, 0.29) is 18.5 Å². The van der Waals surface area contributed by atoms with E-state index in [9.17, 15) is 14.3 Å². The average Bonchev–Trinajstić information content (AvgIpc) is 2.55. The lowest BCUT2D eigenvalue weighted by atomic mass is 9.79. The molecule has 1 aromatic rings. The van der Waals surface area contributed by atoms with Gasteiger partial charge in [0.2, 0.25) is 0 Å². The van der Waals surface area contributed by atoms with E-state index < -0.39 is 0 Å². The smallest absolute Gasteiger partial charge is 0.319 e. The second-order valence-electron chi connectivity index (χ2n) is 7.07. The van der Waals surface area contributed by atoms with Crippen molar-refractivity contribution >= 4 is 11.7 Å². The third-order valence-electron chi connectivity index (χ3n) is 5.34. The van der Waals surface area contributed by atoms with Gasteiger partial charge in [0.05, 0.1) is 12.3 Å². The van der Waals surface area contributed by atoms with Crippen molar-refractivity contribution in [1.82, 2.24) is 9.80 Å². The van der Waals surface area contributed by atoms with Crippen LogP contribution in [0.5, 0.6) is 0 Å². The van der Waals surface area contributed by atoms with Crippen LogP contribution >= 0.6 is 0 Å². The van der Waals surface area contributed by atoms with Crippen LogP contribution in [0.1, 0.15) is 18.4 Å². The second kappa shape index (κ2) is 6.97. The molecule has 2 aliphatic heterocycles. The molecule has 132 valence electrons. The van der Waals surface area contributed by atoms with E-state index in [1.807, 2.05) is 4.90 Å². The molecular weight excluding hydrogens is 309 g/mol. The minimum absolute atomic E-state index is 0.0894. The summed E-state index contributed by atoms with van der Waals surface area (Å²) >= 11 is 0. The van der Waals surface area contributed by atoms with Crippen molar-refractivity contribution in [3.05, 3.63) is 29.6 Å². The van der Waals surface area contributed by atoms with Gasteiger partial charge in [-0.3, -0.25) is 0 Å². The fourth-order valence-electron chi connectivity index (χ4n) is 3.79. The fraction of sp³-hybridized carbons (Fsp3) is 0.611. The minimum Gasteiger partial charge on any atom is -0.392 e. The van der Waals surface area contributed by atoms with E-state index >= 15 is 0 Å². The Morgan fingerprint density at radius 3 is 2.50 bits per heavy atom. The number of urea groups is 1. The second-order valence-corrected chi connectivity index (χ2v) is 7.07. The molecule has 6 heteroatoms. The number of carbonyl (C=O) groups is 1. The third-order valence-corrected chi connectivity index (χ3v) is 5.34. The Balaban J connectivity index is 1.52. The zero-order valence-corrected chi connectivity index (χ0v) is 14.4. The Labute approximate surface area is 142 Å². The number of anilines is 1. The van der Waals surface area contributed by atoms with Crippen molar-refractivity contribution in [1.29, 1.82) is 0 Å². The number of benzene rings is 1. The number of hydrogen-bond acceptors (Lipinski definition) is 3. The molecule has 24 heavy (non-hydrogen) atoms. The summed E-state index contributed by atoms with van der Waals surface area (Å²) < 4.78 is 14.3. The van der Waals surface area contributed by atoms with Gasteiger partial charge in [-0.1, -0.05) is 12.1 Å². The number of likely N-dealkylation sites (tertiary alicyclic amines) is 1. The van der Waals surface area contributed by atoms with Crippen molar-refractivity contribution in [2.75, 3.05) is 45.2 Å². The molecule has 0 aliphatic carbocycles. The normalized spacial score (nSPS) is 19.3. The van der Waals surface area contributed by atoms with Crippen LogP contribution in [0, 0.1) is 17.7 Å². The number of aliphatic hydroxyl groups is 1. The van der Waals surface area contributed by atoms with E-state index in [2.05, 4.69) is 4.90 Å². The quantitative estimate of drug-likeness (QED) is 0.921. The van der Waals surface area contributed by atoms with Crippen LogP contribution in [-0.2, 0) is 6.61 Å². The molecule has 2 saturated heterocycles. The maximum atomic E-state index is 14.3. The Morgan fingerprint density at radius 1 is 1.25 bits per heavy atom. The Hall–Kier alpha value is -1.82. The van der Waals surface area contributed by atoms with Crippen molar-refractivity contribution in [2.24, 2.45) is 11.8 Å². The molecule has 0 spiro atoms. The predicted octanol–water partition coefficient (Wildman–Crippen LogP) is 2.15. The first kappa shape index (κ1) is 17.0. The van der Waals surface area contributed by atoms with Gasteiger partial charge in [0.1, 0.15) is 0 Å². The average molecular weight is 335 g/mol. The van der Waals surface area contributed by atoms with E-state index in [1.165, 1.54) is 0 Å². The minimum atomic E-state index is -0.301. The molecule has 0 saturated carbocycles. The van der Waals surface area contributed by atoms with Gasteiger partial charge in [0, 0.05) is 45.8 Å². The summed E-state index contributed by atoms with van der Waals surface area (Å²) in [5.41, 5.74) is 0.949. The van der Waals surface area contributed by atoms with E-state index in [1.54, 1.807) is 37.2 Å². The number of aliphatic hydroxyl groups excluding tert-OH is 1. The predicted molar refractivity (Wildman–Crippen MR) is 91.4 cm³/mol. The summed E-state index contributed by atoms with van der Waals surface area (Å²) in [5.74, 6) is 0.875. The van der Waals surface area contributed by atoms with Crippen molar-refractivity contribution in [3.8, 4) is 0 Å². The molecular formula is C18H26FN3O2. The van der Waals surface area contributed by atoms with Crippen LogP contribution in [0.15, 0.2) is 18.2 Å². The number of nitrogens with zero attached hydrogens (tertiary/aromatic N) is 3. The maximum absolute atomic E-state index is 14.3. The number of amides is 2. The fourth-order valence-corrected chi connectivity index (χ4v) is 3.79. The van der Waals surface area contributed by atoms with Gasteiger partial charge in [0.25, 0.3) is 0 Å². The molecule has 2 heterocycles. The van der Waals surface area contributed by atoms with Gasteiger partial charge in [-0.05, 0) is 30.7 Å². The first-order valence-electron chi connectivity index (χ1n) is 8.60. The summed E-state index contributed by atoms with van der Waals surface area (Å²) in [6.07, 6.45) is 2.05. The van der Waals surface area contributed by atoms with Crippen LogP contribution in [-0.4, -0.2) is 61.2 Å². The van der Waals surface area contributed by atoms with Crippen LogP contribution in [0.25, 0.3) is 0 Å². The lowest BCUT2D eigenvalue weighted by molar-refractivity contribution is 0.123. The highest BCUT2D eigenvalue weighted by Crippen LogP contribution is 2.36. The maximum Gasteiger partial charge on any atom is 0.319 e. The third kappa shape index (κ3) is 3.20. The zero-order chi connectivity index (χ0) is 17.3. The monoisotopic (exact) mass is 335 g/mol. The van der Waals surface area contributed by atoms with Crippen LogP contribution in [0.4, 0.5) is 14.9 Å². The molecule has 3 rings (SSSR count). The largest absolute Gasteiger partial charge is 0.392 e. The highest BCUT2D eigenvalue weighted by Gasteiger charge is 2.37. The summed E-state index contributed by atoms with van der Waals surface area (Å²) in [4.78, 5) is 17.6. The number of piperidine rings is 1. The van der Waals surface area contributed by atoms with Gasteiger partial charge < -0.3 is 19.8 Å². The van der Waals surface area contributed by atoms with Crippen LogP contribution in [0.2, 0.25) is 0 Å². The molecule has 1 N–H and O–H groups in total. The molecule has 2 aliphatic rings. The molecule has 2 fully saturated rings. The van der Waals surface area contributed by atoms with Gasteiger partial charge in [-0.15, -0.1) is 0 Å². The van der Waals surface area contributed by atoms with Gasteiger partial charge in [0.15, 0.2) is 5.82 Å². The van der Waals surface area contributed by atoms with E-state index in [4.69, 9.17) is 0 Å². The zero-order valence-electron chi connectivity index (χ0n) is 14.4. The molecule has 2 amide bonds. The highest BCUT2D eigenvalue weighted by molar-refractivity contribution is 5.73. The number of hydrogen-bond donors (Lipinski definition) is 1. The van der Waals surface area contributed by atoms with Crippen LogP contribution < -0.4 is 4.90 Å². The molecule has 0 aromatic heterocycles. The van der Waals surface area contributed by atoms with Gasteiger partial charge in [-0.2, -0.15) is 0 Å². The molecule has 0 radical (unpaired) electrons. The summed E-state index contributed by atoms with van der Waals surface area (Å²) in [5, 5.41) is 9.19. The lowest BCUT2D eigenvalue weighted by Crippen LogP contribution is -2.53. The van der Waals surface area contributed by atoms with Gasteiger partial charge >= 0.3 is 6.03 Å². The Bertz CT molecular complexity index is 594. The Kier molecular flexibility index (Phi) is 4.94. The van der Waals surface area contributed by atoms with E-state index in [0.717, 1.165) is 39.0 Å². The van der Waals surface area contributed by atoms with Crippen molar-refractivity contribution in [2.45, 2.75) is 19.4 Å². The molecule has 0 unspecified atom stereocenters. The topological polar surface area (TPSA) is 47.0 Å². The number of rotatable bonds is 3. The molecule has 1 aromatic carbocycles. The summed E-state index contributed by atoms with van der Waals surface area (Å²) in [6, 6.07) is 5.28. The standard InChI is InChI=1S/C18H26FN3O2/c1-20(2)18(24)21-8-6-13(7-9-21)15-10-22(11-15)16-5-3-4-14(12-23)17(16)19/h3-5,13,15,23H,6-12H2,1-2H3. The summed E-state index contributed by atoms with van der Waals surface area (Å²) in [7, 11) is 3.57. The highest BCUT2D eigenvalue weighted by atomic mass is 19.1. The Morgan fingerprint density at radius 2 is 1.92 bits per heavy atom. The van der Waals surface area contributed by atoms with E-state index in [0.29, 0.717) is 23.1 Å². The van der Waals surface area contributed by atoms with Crippen LogP contribution in [0.3, 0.4) is 0 Å². The summed E-state index contributed by atoms with van der Waals surface area (Å²) in [6.45, 7) is 3.07. The molecule has 5 nitrogen and oxygen atoms in total. The number of carbonyl (C=O) groups excluding carboxylic acids is 1. The van der Waals surface area contributed by atoms with Gasteiger partial charge in [-0.25, -0.2) is 9.18 Å².